The van der Waals surface area contributed by atoms with Crippen LogP contribution >= 0.6 is 11.3 Å². The topological polar surface area (TPSA) is 50.7 Å². The molecule has 0 unspecified atom stereocenters. The van der Waals surface area contributed by atoms with Crippen molar-refractivity contribution in [2.24, 2.45) is 0 Å². The second-order valence-corrected chi connectivity index (χ2v) is 10.3. The molecule has 0 saturated carbocycles. The predicted octanol–water partition coefficient (Wildman–Crippen LogP) is 7.73. The molecule has 0 fully saturated rings. The summed E-state index contributed by atoms with van der Waals surface area (Å²) in [5.41, 5.74) is 10.8. The Kier molecular flexibility index (Phi) is 6.31. The lowest BCUT2D eigenvalue weighted by Gasteiger charge is -2.16. The second-order valence-electron chi connectivity index (χ2n) is 9.45. The molecule has 1 aliphatic rings. The first-order valence-electron chi connectivity index (χ1n) is 12.5. The lowest BCUT2D eigenvalue weighted by Crippen LogP contribution is -2.04. The highest BCUT2D eigenvalue weighted by Crippen LogP contribution is 2.30. The Labute approximate surface area is 216 Å². The summed E-state index contributed by atoms with van der Waals surface area (Å²) in [6.07, 6.45) is 4.95. The highest BCUT2D eigenvalue weighted by Gasteiger charge is 2.11. The third kappa shape index (κ3) is 4.93. The fourth-order valence-corrected chi connectivity index (χ4v) is 5.53. The van der Waals surface area contributed by atoms with Gasteiger partial charge in [0.25, 0.3) is 0 Å². The third-order valence-electron chi connectivity index (χ3n) is 6.83. The Morgan fingerprint density at radius 2 is 1.47 bits per heavy atom. The molecule has 6 rings (SSSR count). The molecule has 1 N–H and O–H groups in total. The van der Waals surface area contributed by atoms with Crippen molar-refractivity contribution < 1.29 is 0 Å². The zero-order valence-electron chi connectivity index (χ0n) is 20.4. The molecular weight excluding hydrogens is 460 g/mol. The number of aromatic nitrogens is 3. The Morgan fingerprint density at radius 3 is 2.25 bits per heavy atom. The molecule has 1 aliphatic carbocycles. The van der Waals surface area contributed by atoms with E-state index in [0.29, 0.717) is 6.54 Å². The molecule has 0 bridgehead atoms. The van der Waals surface area contributed by atoms with Crippen molar-refractivity contribution in [3.63, 3.8) is 0 Å². The maximum Gasteiger partial charge on any atom is 0.148 e. The van der Waals surface area contributed by atoms with Gasteiger partial charge in [-0.05, 0) is 67.5 Å². The van der Waals surface area contributed by atoms with Crippen molar-refractivity contribution >= 4 is 17.2 Å². The minimum atomic E-state index is 0.694. The zero-order valence-corrected chi connectivity index (χ0v) is 21.2. The van der Waals surface area contributed by atoms with Gasteiger partial charge in [0.05, 0.1) is 11.4 Å². The average molecular weight is 489 g/mol. The van der Waals surface area contributed by atoms with Crippen LogP contribution in [-0.4, -0.2) is 15.2 Å². The van der Waals surface area contributed by atoms with Crippen LogP contribution in [0.4, 0.5) is 5.82 Å². The molecule has 36 heavy (non-hydrogen) atoms. The van der Waals surface area contributed by atoms with E-state index in [1.54, 1.807) is 11.3 Å². The van der Waals surface area contributed by atoms with Gasteiger partial charge in [-0.2, -0.15) is 0 Å². The lowest BCUT2D eigenvalue weighted by atomic mass is 9.90. The number of nitrogens with zero attached hydrogens (tertiary/aromatic N) is 3. The molecule has 0 atom stereocenters. The Morgan fingerprint density at radius 1 is 0.722 bits per heavy atom. The molecule has 0 radical (unpaired) electrons. The van der Waals surface area contributed by atoms with Gasteiger partial charge in [-0.1, -0.05) is 66.2 Å². The number of benzene rings is 3. The standard InChI is InChI=1S/C31H28N4S/c1-21-6-10-24(11-7-21)29-20-36-31(33-29)25-12-8-22(9-13-25)19-32-30-17-16-28(34-35-30)27-15-14-23-4-2-3-5-26(23)18-27/h6-18,20H,2-5,19H2,1H3,(H,32,35). The fourth-order valence-electron chi connectivity index (χ4n) is 4.69. The Bertz CT molecular complexity index is 1470. The molecule has 3 aromatic carbocycles. The molecule has 0 spiro atoms. The minimum Gasteiger partial charge on any atom is -0.365 e. The first-order chi connectivity index (χ1) is 17.7. The van der Waals surface area contributed by atoms with E-state index in [9.17, 15) is 0 Å². The van der Waals surface area contributed by atoms with Crippen LogP contribution in [0, 0.1) is 6.92 Å². The second kappa shape index (κ2) is 10.0. The van der Waals surface area contributed by atoms with Gasteiger partial charge in [-0.3, -0.25) is 0 Å². The minimum absolute atomic E-state index is 0.694. The van der Waals surface area contributed by atoms with Gasteiger partial charge in [0, 0.05) is 28.6 Å². The van der Waals surface area contributed by atoms with E-state index in [1.165, 1.54) is 47.9 Å². The summed E-state index contributed by atoms with van der Waals surface area (Å²) in [5.74, 6) is 0.781. The largest absolute Gasteiger partial charge is 0.365 e. The van der Waals surface area contributed by atoms with Crippen molar-refractivity contribution in [1.29, 1.82) is 0 Å². The Hall–Kier alpha value is -3.83. The third-order valence-corrected chi connectivity index (χ3v) is 7.73. The summed E-state index contributed by atoms with van der Waals surface area (Å²) in [4.78, 5) is 4.85. The summed E-state index contributed by atoms with van der Waals surface area (Å²) < 4.78 is 0. The van der Waals surface area contributed by atoms with Gasteiger partial charge in [0.2, 0.25) is 0 Å². The maximum atomic E-state index is 4.85. The average Bonchev–Trinajstić information content (AvgIpc) is 3.43. The van der Waals surface area contributed by atoms with Crippen LogP contribution in [-0.2, 0) is 19.4 Å². The molecular formula is C31H28N4S. The van der Waals surface area contributed by atoms with E-state index in [0.717, 1.165) is 38.9 Å². The first kappa shape index (κ1) is 22.6. The number of thiazole rings is 1. The van der Waals surface area contributed by atoms with Crippen molar-refractivity contribution in [1.82, 2.24) is 15.2 Å². The number of rotatable bonds is 6. The number of fused-ring (bicyclic) bond motifs is 1. The highest BCUT2D eigenvalue weighted by molar-refractivity contribution is 7.13. The van der Waals surface area contributed by atoms with E-state index in [1.807, 2.05) is 6.07 Å². The van der Waals surface area contributed by atoms with Gasteiger partial charge < -0.3 is 5.32 Å². The molecule has 4 nitrogen and oxygen atoms in total. The zero-order chi connectivity index (χ0) is 24.3. The van der Waals surface area contributed by atoms with Crippen LogP contribution in [0.5, 0.6) is 0 Å². The SMILES string of the molecule is Cc1ccc(-c2csc(-c3ccc(CNc4ccc(-c5ccc6c(c5)CCCC6)nn4)cc3)n2)cc1. The number of nitrogens with one attached hydrogen (secondary N) is 1. The highest BCUT2D eigenvalue weighted by atomic mass is 32.1. The summed E-state index contributed by atoms with van der Waals surface area (Å²) in [5, 5.41) is 15.4. The van der Waals surface area contributed by atoms with Gasteiger partial charge >= 0.3 is 0 Å². The molecule has 0 amide bonds. The first-order valence-corrected chi connectivity index (χ1v) is 13.4. The Balaban J connectivity index is 1.08. The van der Waals surface area contributed by atoms with Gasteiger partial charge in [-0.25, -0.2) is 4.98 Å². The van der Waals surface area contributed by atoms with E-state index in [-0.39, 0.29) is 0 Å². The molecule has 178 valence electrons. The van der Waals surface area contributed by atoms with Crippen molar-refractivity contribution in [2.75, 3.05) is 5.32 Å². The van der Waals surface area contributed by atoms with Crippen molar-refractivity contribution in [2.45, 2.75) is 39.2 Å². The van der Waals surface area contributed by atoms with E-state index < -0.39 is 0 Å². The molecule has 5 aromatic rings. The van der Waals surface area contributed by atoms with Gasteiger partial charge in [-0.15, -0.1) is 21.5 Å². The smallest absolute Gasteiger partial charge is 0.148 e. The van der Waals surface area contributed by atoms with Crippen LogP contribution in [0.15, 0.2) is 84.2 Å². The van der Waals surface area contributed by atoms with Crippen LogP contribution < -0.4 is 5.32 Å². The molecule has 0 aliphatic heterocycles. The van der Waals surface area contributed by atoms with Crippen molar-refractivity contribution in [3.05, 3.63) is 106 Å². The van der Waals surface area contributed by atoms with Crippen LogP contribution in [0.3, 0.4) is 0 Å². The normalized spacial score (nSPS) is 12.8. The summed E-state index contributed by atoms with van der Waals surface area (Å²) >= 11 is 1.68. The van der Waals surface area contributed by atoms with Crippen LogP contribution in [0.1, 0.15) is 35.1 Å². The van der Waals surface area contributed by atoms with E-state index in [4.69, 9.17) is 4.98 Å². The number of aryl methyl sites for hydroxylation is 3. The summed E-state index contributed by atoms with van der Waals surface area (Å²) in [6, 6.07) is 27.9. The quantitative estimate of drug-likeness (QED) is 0.266. The number of anilines is 1. The monoisotopic (exact) mass is 488 g/mol. The van der Waals surface area contributed by atoms with Gasteiger partial charge in [0.15, 0.2) is 0 Å². The van der Waals surface area contributed by atoms with Gasteiger partial charge in [0.1, 0.15) is 10.8 Å². The van der Waals surface area contributed by atoms with E-state index >= 15 is 0 Å². The molecule has 5 heteroatoms. The lowest BCUT2D eigenvalue weighted by molar-refractivity contribution is 0.686. The van der Waals surface area contributed by atoms with E-state index in [2.05, 4.69) is 101 Å². The van der Waals surface area contributed by atoms with Crippen LogP contribution in [0.25, 0.3) is 33.1 Å². The fraction of sp³-hybridized carbons (Fsp3) is 0.194. The number of hydrogen-bond acceptors (Lipinski definition) is 5. The molecule has 0 saturated heterocycles. The molecule has 2 aromatic heterocycles. The summed E-state index contributed by atoms with van der Waals surface area (Å²) in [7, 11) is 0. The maximum absolute atomic E-state index is 4.85. The van der Waals surface area contributed by atoms with Crippen LogP contribution in [0.2, 0.25) is 0 Å². The predicted molar refractivity (Wildman–Crippen MR) is 149 cm³/mol. The number of hydrogen-bond donors (Lipinski definition) is 1. The van der Waals surface area contributed by atoms with Crippen molar-refractivity contribution in [3.8, 4) is 33.1 Å². The summed E-state index contributed by atoms with van der Waals surface area (Å²) in [6.45, 7) is 2.80. The molecule has 2 heterocycles.